The quantitative estimate of drug-likeness (QED) is 0.927. The van der Waals surface area contributed by atoms with Crippen LogP contribution in [-0.4, -0.2) is 40.3 Å². The fraction of sp³-hybridized carbons (Fsp3) is 0.556. The number of nitrogens with zero attached hydrogens (tertiary/aromatic N) is 1. The minimum atomic E-state index is -0.982. The van der Waals surface area contributed by atoms with Gasteiger partial charge in [0, 0.05) is 12.5 Å². The lowest BCUT2D eigenvalue weighted by molar-refractivity contribution is -0.142. The average Bonchev–Trinajstić information content (AvgIpc) is 2.90. The van der Waals surface area contributed by atoms with Crippen LogP contribution >= 0.6 is 0 Å². The molecule has 0 bridgehead atoms. The van der Waals surface area contributed by atoms with Crippen molar-refractivity contribution in [3.05, 3.63) is 35.4 Å². The molecule has 0 saturated carbocycles. The van der Waals surface area contributed by atoms with Crippen LogP contribution in [0.2, 0.25) is 0 Å². The third-order valence-electron chi connectivity index (χ3n) is 4.11. The molecule has 0 spiro atoms. The van der Waals surface area contributed by atoms with Crippen LogP contribution in [-0.2, 0) is 16.0 Å². The summed E-state index contributed by atoms with van der Waals surface area (Å²) in [7, 11) is 0. The number of amides is 1. The lowest BCUT2D eigenvalue weighted by atomic mass is 9.87. The first-order valence-corrected chi connectivity index (χ1v) is 8.05. The van der Waals surface area contributed by atoms with Crippen molar-refractivity contribution >= 4 is 12.1 Å². The van der Waals surface area contributed by atoms with Crippen molar-refractivity contribution in [2.45, 2.75) is 58.1 Å². The van der Waals surface area contributed by atoms with E-state index < -0.39 is 23.7 Å². The second-order valence-corrected chi connectivity index (χ2v) is 6.90. The van der Waals surface area contributed by atoms with Crippen LogP contribution in [0.1, 0.15) is 51.2 Å². The summed E-state index contributed by atoms with van der Waals surface area (Å²) in [5.41, 5.74) is 1.52. The van der Waals surface area contributed by atoms with Gasteiger partial charge in [0.2, 0.25) is 0 Å². The zero-order chi connectivity index (χ0) is 17.2. The summed E-state index contributed by atoms with van der Waals surface area (Å²) in [5.74, 6) is -1.18. The lowest BCUT2D eigenvalue weighted by Crippen LogP contribution is -2.45. The molecule has 0 unspecified atom stereocenters. The molecule has 0 radical (unpaired) electrons. The molecule has 1 aromatic carbocycles. The van der Waals surface area contributed by atoms with Gasteiger partial charge in [0.1, 0.15) is 11.6 Å². The maximum atomic E-state index is 12.3. The normalized spacial score (nSPS) is 21.3. The third kappa shape index (κ3) is 3.84. The minimum Gasteiger partial charge on any atom is -0.480 e. The molecular formula is C18H25NO4. The number of hydrogen-bond acceptors (Lipinski definition) is 3. The molecular weight excluding hydrogens is 294 g/mol. The Morgan fingerprint density at radius 2 is 1.96 bits per heavy atom. The number of aliphatic carboxylic acids is 1. The molecule has 1 aliphatic heterocycles. The van der Waals surface area contributed by atoms with Gasteiger partial charge in [-0.1, -0.05) is 31.2 Å². The number of carbonyl (C=O) groups is 2. The number of hydrogen-bond donors (Lipinski definition) is 1. The van der Waals surface area contributed by atoms with Gasteiger partial charge in [-0.2, -0.15) is 0 Å². The molecule has 1 fully saturated rings. The molecule has 126 valence electrons. The third-order valence-corrected chi connectivity index (χ3v) is 4.11. The smallest absolute Gasteiger partial charge is 0.411 e. The number of aryl methyl sites for hydroxylation is 1. The van der Waals surface area contributed by atoms with Crippen LogP contribution in [0.4, 0.5) is 4.79 Å². The zero-order valence-corrected chi connectivity index (χ0v) is 14.2. The van der Waals surface area contributed by atoms with Gasteiger partial charge < -0.3 is 9.84 Å². The zero-order valence-electron chi connectivity index (χ0n) is 14.2. The molecule has 1 amide bonds. The maximum absolute atomic E-state index is 12.3. The van der Waals surface area contributed by atoms with Crippen molar-refractivity contribution in [3.63, 3.8) is 0 Å². The van der Waals surface area contributed by atoms with E-state index in [0.29, 0.717) is 13.0 Å². The van der Waals surface area contributed by atoms with Crippen molar-refractivity contribution < 1.29 is 19.4 Å². The Morgan fingerprint density at radius 1 is 1.30 bits per heavy atom. The van der Waals surface area contributed by atoms with Gasteiger partial charge in [0.25, 0.3) is 0 Å². The Hall–Kier alpha value is -2.04. The highest BCUT2D eigenvalue weighted by atomic mass is 16.6. The van der Waals surface area contributed by atoms with Gasteiger partial charge in [-0.05, 0) is 44.7 Å². The van der Waals surface area contributed by atoms with Gasteiger partial charge in [0.05, 0.1) is 0 Å². The first kappa shape index (κ1) is 17.3. The molecule has 1 saturated heterocycles. The molecule has 5 heteroatoms. The van der Waals surface area contributed by atoms with Crippen LogP contribution in [0.5, 0.6) is 0 Å². The van der Waals surface area contributed by atoms with E-state index in [-0.39, 0.29) is 5.92 Å². The van der Waals surface area contributed by atoms with Gasteiger partial charge in [-0.15, -0.1) is 0 Å². The van der Waals surface area contributed by atoms with E-state index in [1.807, 2.05) is 24.3 Å². The highest BCUT2D eigenvalue weighted by Crippen LogP contribution is 2.36. The summed E-state index contributed by atoms with van der Waals surface area (Å²) in [5, 5.41) is 9.68. The van der Waals surface area contributed by atoms with Gasteiger partial charge in [0.15, 0.2) is 0 Å². The Labute approximate surface area is 137 Å². The summed E-state index contributed by atoms with van der Waals surface area (Å²) in [4.78, 5) is 25.5. The number of benzene rings is 1. The monoisotopic (exact) mass is 319 g/mol. The molecule has 23 heavy (non-hydrogen) atoms. The number of ether oxygens (including phenoxy) is 1. The Morgan fingerprint density at radius 3 is 2.52 bits per heavy atom. The standard InChI is InChI=1S/C18H25NO4/c1-5-12-8-6-7-9-13(12)14-10-11-19(15(14)16(20)21)17(22)23-18(2,3)4/h6-9,14-15H,5,10-11H2,1-4H3,(H,20,21)/t14-,15+/m1/s1. The van der Waals surface area contributed by atoms with Crippen molar-refractivity contribution in [1.29, 1.82) is 0 Å². The summed E-state index contributed by atoms with van der Waals surface area (Å²) in [6.07, 6.45) is 0.917. The Balaban J connectivity index is 2.30. The van der Waals surface area contributed by atoms with Crippen LogP contribution in [0.15, 0.2) is 24.3 Å². The molecule has 1 aromatic rings. The van der Waals surface area contributed by atoms with E-state index in [0.717, 1.165) is 17.5 Å². The van der Waals surface area contributed by atoms with E-state index >= 15 is 0 Å². The largest absolute Gasteiger partial charge is 0.480 e. The van der Waals surface area contributed by atoms with E-state index in [4.69, 9.17) is 4.74 Å². The predicted molar refractivity (Wildman–Crippen MR) is 87.5 cm³/mol. The lowest BCUT2D eigenvalue weighted by Gasteiger charge is -2.28. The first-order valence-electron chi connectivity index (χ1n) is 8.05. The average molecular weight is 319 g/mol. The number of carboxylic acid groups (broad SMARTS) is 1. The molecule has 2 rings (SSSR count). The summed E-state index contributed by atoms with van der Waals surface area (Å²) >= 11 is 0. The molecule has 2 atom stereocenters. The number of rotatable bonds is 3. The SMILES string of the molecule is CCc1ccccc1[C@H]1CCN(C(=O)OC(C)(C)C)[C@@H]1C(=O)O. The van der Waals surface area contributed by atoms with Crippen molar-refractivity contribution in [1.82, 2.24) is 4.90 Å². The van der Waals surface area contributed by atoms with E-state index in [2.05, 4.69) is 6.92 Å². The van der Waals surface area contributed by atoms with Crippen LogP contribution in [0.25, 0.3) is 0 Å². The van der Waals surface area contributed by atoms with E-state index in [9.17, 15) is 14.7 Å². The summed E-state index contributed by atoms with van der Waals surface area (Å²) < 4.78 is 5.37. The van der Waals surface area contributed by atoms with Gasteiger partial charge in [-0.25, -0.2) is 9.59 Å². The van der Waals surface area contributed by atoms with E-state index in [1.165, 1.54) is 4.90 Å². The predicted octanol–water partition coefficient (Wildman–Crippen LogP) is 3.43. The van der Waals surface area contributed by atoms with Crippen molar-refractivity contribution in [2.24, 2.45) is 0 Å². The molecule has 1 N–H and O–H groups in total. The van der Waals surface area contributed by atoms with Crippen molar-refractivity contribution in [2.75, 3.05) is 6.54 Å². The molecule has 5 nitrogen and oxygen atoms in total. The maximum Gasteiger partial charge on any atom is 0.411 e. The second-order valence-electron chi connectivity index (χ2n) is 6.90. The van der Waals surface area contributed by atoms with Crippen LogP contribution in [0.3, 0.4) is 0 Å². The molecule has 1 heterocycles. The first-order chi connectivity index (χ1) is 10.7. The van der Waals surface area contributed by atoms with Crippen LogP contribution in [0, 0.1) is 0 Å². The number of carbonyl (C=O) groups excluding carboxylic acids is 1. The van der Waals surface area contributed by atoms with E-state index in [1.54, 1.807) is 20.8 Å². The fourth-order valence-corrected chi connectivity index (χ4v) is 3.17. The molecule has 0 aliphatic carbocycles. The highest BCUT2D eigenvalue weighted by molar-refractivity contribution is 5.82. The van der Waals surface area contributed by atoms with Gasteiger partial charge in [-0.3, -0.25) is 4.90 Å². The van der Waals surface area contributed by atoms with Crippen molar-refractivity contribution in [3.8, 4) is 0 Å². The molecule has 0 aromatic heterocycles. The second kappa shape index (κ2) is 6.60. The number of likely N-dealkylation sites (tertiary alicyclic amines) is 1. The number of carboxylic acids is 1. The topological polar surface area (TPSA) is 66.8 Å². The summed E-state index contributed by atoms with van der Waals surface area (Å²) in [6.45, 7) is 7.78. The van der Waals surface area contributed by atoms with Gasteiger partial charge >= 0.3 is 12.1 Å². The van der Waals surface area contributed by atoms with Crippen LogP contribution < -0.4 is 0 Å². The molecule has 1 aliphatic rings. The Bertz CT molecular complexity index is 591. The summed E-state index contributed by atoms with van der Waals surface area (Å²) in [6, 6.07) is 6.99. The highest BCUT2D eigenvalue weighted by Gasteiger charge is 2.44. The fourth-order valence-electron chi connectivity index (χ4n) is 3.17. The minimum absolute atomic E-state index is 0.198. The Kier molecular flexibility index (Phi) is 4.97.